The molecule has 1 aromatic carbocycles. The number of aromatic carboxylic acids is 1. The molecule has 0 spiro atoms. The van der Waals surface area contributed by atoms with Crippen molar-refractivity contribution in [2.24, 2.45) is 5.92 Å². The van der Waals surface area contributed by atoms with Gasteiger partial charge in [0.15, 0.2) is 0 Å². The van der Waals surface area contributed by atoms with Crippen LogP contribution in [-0.2, 0) is 16.0 Å². The summed E-state index contributed by atoms with van der Waals surface area (Å²) in [5.74, 6) is -0.992. The van der Waals surface area contributed by atoms with Gasteiger partial charge in [-0.05, 0) is 30.5 Å². The Labute approximate surface area is 141 Å². The zero-order valence-electron chi connectivity index (χ0n) is 14.1. The maximum Gasteiger partial charge on any atom is 0.335 e. The van der Waals surface area contributed by atoms with Gasteiger partial charge in [0.05, 0.1) is 12.0 Å². The van der Waals surface area contributed by atoms with E-state index in [1.807, 2.05) is 13.8 Å². The van der Waals surface area contributed by atoms with Gasteiger partial charge in [-0.15, -0.1) is 0 Å². The SMILES string of the molecule is CC(C)C(=O)NC1CCN(C(=O)Cc2cccc(C(=O)O)c2)CC1. The first-order valence-corrected chi connectivity index (χ1v) is 8.27. The van der Waals surface area contributed by atoms with E-state index in [-0.39, 0.29) is 35.8 Å². The molecule has 0 bridgehead atoms. The van der Waals surface area contributed by atoms with E-state index in [2.05, 4.69) is 5.32 Å². The fraction of sp³-hybridized carbons (Fsp3) is 0.500. The molecule has 0 aromatic heterocycles. The number of hydrogen-bond acceptors (Lipinski definition) is 3. The van der Waals surface area contributed by atoms with E-state index in [0.717, 1.165) is 12.8 Å². The number of benzene rings is 1. The normalized spacial score (nSPS) is 15.4. The van der Waals surface area contributed by atoms with Gasteiger partial charge in [-0.25, -0.2) is 4.79 Å². The van der Waals surface area contributed by atoms with Crippen molar-refractivity contribution >= 4 is 17.8 Å². The van der Waals surface area contributed by atoms with E-state index in [1.165, 1.54) is 12.1 Å². The molecule has 1 fully saturated rings. The molecule has 2 N–H and O–H groups in total. The number of hydrogen-bond donors (Lipinski definition) is 2. The summed E-state index contributed by atoms with van der Waals surface area (Å²) in [5, 5.41) is 12.0. The Morgan fingerprint density at radius 1 is 1.25 bits per heavy atom. The van der Waals surface area contributed by atoms with Crippen LogP contribution in [0.3, 0.4) is 0 Å². The van der Waals surface area contributed by atoms with Gasteiger partial charge in [-0.2, -0.15) is 0 Å². The van der Waals surface area contributed by atoms with Crippen LogP contribution in [0.2, 0.25) is 0 Å². The molecule has 1 aromatic rings. The van der Waals surface area contributed by atoms with Gasteiger partial charge in [0.1, 0.15) is 0 Å². The smallest absolute Gasteiger partial charge is 0.335 e. The zero-order valence-corrected chi connectivity index (χ0v) is 14.1. The fourth-order valence-electron chi connectivity index (χ4n) is 2.74. The number of rotatable bonds is 5. The molecule has 1 aliphatic heterocycles. The average Bonchev–Trinajstić information content (AvgIpc) is 2.55. The van der Waals surface area contributed by atoms with E-state index >= 15 is 0 Å². The lowest BCUT2D eigenvalue weighted by Crippen LogP contribution is -2.47. The molecule has 0 unspecified atom stereocenters. The molecule has 2 amide bonds. The van der Waals surface area contributed by atoms with Crippen LogP contribution in [0.25, 0.3) is 0 Å². The predicted octanol–water partition coefficient (Wildman–Crippen LogP) is 1.69. The van der Waals surface area contributed by atoms with Gasteiger partial charge in [0.2, 0.25) is 11.8 Å². The number of amides is 2. The Bertz CT molecular complexity index is 619. The Morgan fingerprint density at radius 2 is 1.92 bits per heavy atom. The minimum atomic E-state index is -0.994. The van der Waals surface area contributed by atoms with E-state index in [1.54, 1.807) is 17.0 Å². The highest BCUT2D eigenvalue weighted by Crippen LogP contribution is 2.14. The highest BCUT2D eigenvalue weighted by Gasteiger charge is 2.24. The number of likely N-dealkylation sites (tertiary alicyclic amines) is 1. The van der Waals surface area contributed by atoms with Gasteiger partial charge >= 0.3 is 5.97 Å². The molecule has 130 valence electrons. The number of carboxylic acid groups (broad SMARTS) is 1. The second-order valence-corrected chi connectivity index (χ2v) is 6.50. The third kappa shape index (κ3) is 4.81. The topological polar surface area (TPSA) is 86.7 Å². The minimum Gasteiger partial charge on any atom is -0.478 e. The molecule has 2 rings (SSSR count). The lowest BCUT2D eigenvalue weighted by atomic mass is 10.0. The third-order valence-corrected chi connectivity index (χ3v) is 4.25. The highest BCUT2D eigenvalue weighted by molar-refractivity contribution is 5.88. The van der Waals surface area contributed by atoms with E-state index in [9.17, 15) is 14.4 Å². The Morgan fingerprint density at radius 3 is 2.50 bits per heavy atom. The van der Waals surface area contributed by atoms with Crippen molar-refractivity contribution in [2.75, 3.05) is 13.1 Å². The molecule has 1 aliphatic rings. The van der Waals surface area contributed by atoms with Crippen LogP contribution in [0.1, 0.15) is 42.6 Å². The summed E-state index contributed by atoms with van der Waals surface area (Å²) in [4.78, 5) is 36.9. The molecular weight excluding hydrogens is 308 g/mol. The summed E-state index contributed by atoms with van der Waals surface area (Å²) in [6, 6.07) is 6.59. The number of carbonyl (C=O) groups excluding carboxylic acids is 2. The number of nitrogens with zero attached hydrogens (tertiary/aromatic N) is 1. The summed E-state index contributed by atoms with van der Waals surface area (Å²) in [6.45, 7) is 4.94. The van der Waals surface area contributed by atoms with Crippen LogP contribution < -0.4 is 5.32 Å². The molecule has 0 radical (unpaired) electrons. The van der Waals surface area contributed by atoms with Crippen LogP contribution >= 0.6 is 0 Å². The molecule has 6 nitrogen and oxygen atoms in total. The van der Waals surface area contributed by atoms with Crippen LogP contribution in [0, 0.1) is 5.92 Å². The van der Waals surface area contributed by atoms with Crippen molar-refractivity contribution in [1.82, 2.24) is 10.2 Å². The van der Waals surface area contributed by atoms with Crippen molar-refractivity contribution in [3.63, 3.8) is 0 Å². The predicted molar refractivity (Wildman–Crippen MR) is 89.7 cm³/mol. The van der Waals surface area contributed by atoms with Gasteiger partial charge in [-0.3, -0.25) is 9.59 Å². The summed E-state index contributed by atoms with van der Waals surface area (Å²) >= 11 is 0. The molecule has 0 aliphatic carbocycles. The van der Waals surface area contributed by atoms with Gasteiger partial charge in [0.25, 0.3) is 0 Å². The maximum absolute atomic E-state index is 12.4. The monoisotopic (exact) mass is 332 g/mol. The maximum atomic E-state index is 12.4. The second kappa shape index (κ2) is 7.95. The molecule has 0 saturated carbocycles. The molecule has 6 heteroatoms. The zero-order chi connectivity index (χ0) is 17.7. The first-order chi connectivity index (χ1) is 11.4. The van der Waals surface area contributed by atoms with Gasteiger partial charge in [0, 0.05) is 25.0 Å². The first-order valence-electron chi connectivity index (χ1n) is 8.27. The third-order valence-electron chi connectivity index (χ3n) is 4.25. The van der Waals surface area contributed by atoms with E-state index in [4.69, 9.17) is 5.11 Å². The number of carboxylic acids is 1. The molecule has 0 atom stereocenters. The summed E-state index contributed by atoms with van der Waals surface area (Å²) in [7, 11) is 0. The molecule has 1 saturated heterocycles. The van der Waals surface area contributed by atoms with Crippen molar-refractivity contribution in [1.29, 1.82) is 0 Å². The van der Waals surface area contributed by atoms with Crippen LogP contribution in [0.15, 0.2) is 24.3 Å². The minimum absolute atomic E-state index is 0.00817. The van der Waals surface area contributed by atoms with Crippen LogP contribution in [-0.4, -0.2) is 46.9 Å². The summed E-state index contributed by atoms with van der Waals surface area (Å²) in [5.41, 5.74) is 0.894. The quantitative estimate of drug-likeness (QED) is 0.859. The second-order valence-electron chi connectivity index (χ2n) is 6.50. The lowest BCUT2D eigenvalue weighted by molar-refractivity contribution is -0.131. The first kappa shape index (κ1) is 18.0. The van der Waals surface area contributed by atoms with Crippen molar-refractivity contribution < 1.29 is 19.5 Å². The lowest BCUT2D eigenvalue weighted by Gasteiger charge is -2.32. The molecule has 24 heavy (non-hydrogen) atoms. The Balaban J connectivity index is 1.86. The average molecular weight is 332 g/mol. The number of piperidine rings is 1. The Kier molecular flexibility index (Phi) is 5.95. The molecule has 1 heterocycles. The van der Waals surface area contributed by atoms with Gasteiger partial charge in [-0.1, -0.05) is 26.0 Å². The van der Waals surface area contributed by atoms with Crippen molar-refractivity contribution in [3.8, 4) is 0 Å². The molecular formula is C18H24N2O4. The standard InChI is InChI=1S/C18H24N2O4/c1-12(2)17(22)19-15-6-8-20(9-7-15)16(21)11-13-4-3-5-14(10-13)18(23)24/h3-5,10,12,15H,6-9,11H2,1-2H3,(H,19,22)(H,23,24). The Hall–Kier alpha value is -2.37. The summed E-state index contributed by atoms with van der Waals surface area (Å²) in [6.07, 6.45) is 1.70. The number of nitrogens with one attached hydrogen (secondary N) is 1. The van der Waals surface area contributed by atoms with Crippen LogP contribution in [0.4, 0.5) is 0 Å². The van der Waals surface area contributed by atoms with Crippen molar-refractivity contribution in [2.45, 2.75) is 39.2 Å². The fourth-order valence-corrected chi connectivity index (χ4v) is 2.74. The van der Waals surface area contributed by atoms with E-state index in [0.29, 0.717) is 18.7 Å². The highest BCUT2D eigenvalue weighted by atomic mass is 16.4. The largest absolute Gasteiger partial charge is 0.478 e. The van der Waals surface area contributed by atoms with Crippen LogP contribution in [0.5, 0.6) is 0 Å². The van der Waals surface area contributed by atoms with Crippen molar-refractivity contribution in [3.05, 3.63) is 35.4 Å². The van der Waals surface area contributed by atoms with Gasteiger partial charge < -0.3 is 15.3 Å². The van der Waals surface area contributed by atoms with E-state index < -0.39 is 5.97 Å². The summed E-state index contributed by atoms with van der Waals surface area (Å²) < 4.78 is 0. The number of carbonyl (C=O) groups is 3.